The van der Waals surface area contributed by atoms with Crippen molar-refractivity contribution in [3.63, 3.8) is 0 Å². The Hall–Kier alpha value is -2.81. The quantitative estimate of drug-likeness (QED) is 0.262. The Morgan fingerprint density at radius 1 is 1.05 bits per heavy atom. The average molecular weight is 588 g/mol. The Balaban J connectivity index is 1.79. The highest BCUT2D eigenvalue weighted by atomic mass is 19.3. The second kappa shape index (κ2) is 12.8. The van der Waals surface area contributed by atoms with Gasteiger partial charge in [0.2, 0.25) is 0 Å². The maximum atomic E-state index is 13.8. The topological polar surface area (TPSA) is 73.8 Å². The lowest BCUT2D eigenvalue weighted by Gasteiger charge is -2.42. The predicted octanol–water partition coefficient (Wildman–Crippen LogP) is 7.84. The molecule has 1 saturated carbocycles. The number of anilines is 1. The molecule has 7 nitrogen and oxygen atoms in total. The van der Waals surface area contributed by atoms with E-state index in [-0.39, 0.29) is 18.3 Å². The zero-order valence-corrected chi connectivity index (χ0v) is 26.3. The second-order valence-electron chi connectivity index (χ2n) is 13.2. The molecule has 2 aromatic rings. The van der Waals surface area contributed by atoms with Gasteiger partial charge >= 0.3 is 5.97 Å². The first kappa shape index (κ1) is 32.1. The van der Waals surface area contributed by atoms with Gasteiger partial charge in [0.1, 0.15) is 5.75 Å². The van der Waals surface area contributed by atoms with E-state index in [4.69, 9.17) is 19.2 Å². The lowest BCUT2D eigenvalue weighted by molar-refractivity contribution is -0.171. The number of pyridine rings is 2. The molecule has 3 heterocycles. The molecule has 232 valence electrons. The van der Waals surface area contributed by atoms with Crippen LogP contribution in [0.1, 0.15) is 104 Å². The summed E-state index contributed by atoms with van der Waals surface area (Å²) in [6, 6.07) is 3.41. The van der Waals surface area contributed by atoms with Crippen molar-refractivity contribution in [2.45, 2.75) is 117 Å². The van der Waals surface area contributed by atoms with Crippen LogP contribution in [0.25, 0.3) is 11.3 Å². The van der Waals surface area contributed by atoms with E-state index in [1.54, 1.807) is 18.3 Å². The summed E-state index contributed by atoms with van der Waals surface area (Å²) in [5.74, 6) is -3.09. The van der Waals surface area contributed by atoms with Crippen LogP contribution < -0.4 is 9.64 Å². The van der Waals surface area contributed by atoms with Crippen LogP contribution in [-0.2, 0) is 14.3 Å². The largest absolute Gasteiger partial charge is 0.486 e. The minimum atomic E-state index is -2.90. The molecule has 0 bridgehead atoms. The first-order valence-corrected chi connectivity index (χ1v) is 15.3. The predicted molar refractivity (Wildman–Crippen MR) is 160 cm³/mol. The maximum Gasteiger partial charge on any atom is 0.340 e. The number of halogens is 2. The van der Waals surface area contributed by atoms with Crippen molar-refractivity contribution in [1.82, 2.24) is 9.97 Å². The Morgan fingerprint density at radius 3 is 2.26 bits per heavy atom. The maximum absolute atomic E-state index is 13.8. The molecule has 42 heavy (non-hydrogen) atoms. The van der Waals surface area contributed by atoms with Crippen molar-refractivity contribution >= 4 is 11.7 Å². The van der Waals surface area contributed by atoms with Crippen LogP contribution >= 0.6 is 0 Å². The van der Waals surface area contributed by atoms with Gasteiger partial charge in [-0.3, -0.25) is 9.97 Å². The SMILES string of the molecule is CCC(F)(F)COc1ccc(-c2cnc(C)c([C@H](OC(C)(C)C)C(=O)OC(C)C)c2N2CCC3(CCCC3)CC2)nc1. The second-order valence-corrected chi connectivity index (χ2v) is 13.2. The highest BCUT2D eigenvalue weighted by Gasteiger charge is 2.40. The van der Waals surface area contributed by atoms with Crippen LogP contribution in [0, 0.1) is 12.3 Å². The number of nitrogens with zero attached hydrogens (tertiary/aromatic N) is 3. The van der Waals surface area contributed by atoms with E-state index in [0.717, 1.165) is 37.2 Å². The Labute approximate surface area is 249 Å². The third kappa shape index (κ3) is 7.77. The van der Waals surface area contributed by atoms with Crippen molar-refractivity contribution in [2.24, 2.45) is 5.41 Å². The number of aromatic nitrogens is 2. The van der Waals surface area contributed by atoms with Gasteiger partial charge in [0.05, 0.1) is 29.3 Å². The Morgan fingerprint density at radius 2 is 1.71 bits per heavy atom. The number of hydrogen-bond donors (Lipinski definition) is 0. The highest BCUT2D eigenvalue weighted by molar-refractivity contribution is 5.86. The molecule has 0 N–H and O–H groups in total. The summed E-state index contributed by atoms with van der Waals surface area (Å²) in [4.78, 5) is 25.3. The van der Waals surface area contributed by atoms with Gasteiger partial charge < -0.3 is 19.1 Å². The van der Waals surface area contributed by atoms with E-state index >= 15 is 0 Å². The molecule has 0 aromatic carbocycles. The molecule has 1 aliphatic heterocycles. The minimum absolute atomic E-state index is 0.268. The van der Waals surface area contributed by atoms with Crippen LogP contribution in [0.4, 0.5) is 14.5 Å². The van der Waals surface area contributed by atoms with Gasteiger partial charge in [-0.25, -0.2) is 13.6 Å². The number of alkyl halides is 2. The Kier molecular flexibility index (Phi) is 9.80. The van der Waals surface area contributed by atoms with Crippen LogP contribution in [-0.4, -0.2) is 53.3 Å². The fourth-order valence-corrected chi connectivity index (χ4v) is 6.07. The number of piperidine rings is 1. The molecule has 1 saturated heterocycles. The molecule has 1 aliphatic carbocycles. The van der Waals surface area contributed by atoms with E-state index < -0.39 is 30.2 Å². The van der Waals surface area contributed by atoms with Crippen LogP contribution in [0.15, 0.2) is 24.5 Å². The van der Waals surface area contributed by atoms with Gasteiger partial charge in [-0.2, -0.15) is 0 Å². The molecule has 9 heteroatoms. The summed E-state index contributed by atoms with van der Waals surface area (Å²) in [6.07, 6.45) is 8.93. The van der Waals surface area contributed by atoms with Gasteiger partial charge in [-0.05, 0) is 84.8 Å². The van der Waals surface area contributed by atoms with Gasteiger partial charge in [0.25, 0.3) is 5.92 Å². The van der Waals surface area contributed by atoms with Crippen molar-refractivity contribution in [3.8, 4) is 17.0 Å². The number of carbonyl (C=O) groups excluding carboxylic acids is 1. The lowest BCUT2D eigenvalue weighted by atomic mass is 9.76. The van der Waals surface area contributed by atoms with E-state index in [1.807, 2.05) is 41.5 Å². The third-order valence-electron chi connectivity index (χ3n) is 8.37. The minimum Gasteiger partial charge on any atom is -0.486 e. The zero-order chi connectivity index (χ0) is 30.7. The van der Waals surface area contributed by atoms with Crippen molar-refractivity contribution in [2.75, 3.05) is 24.6 Å². The number of carbonyl (C=O) groups is 1. The monoisotopic (exact) mass is 587 g/mol. The van der Waals surface area contributed by atoms with Gasteiger partial charge in [0.15, 0.2) is 12.7 Å². The van der Waals surface area contributed by atoms with Gasteiger partial charge in [-0.1, -0.05) is 19.8 Å². The molecule has 0 unspecified atom stereocenters. The molecule has 1 atom stereocenters. The fourth-order valence-electron chi connectivity index (χ4n) is 6.07. The van der Waals surface area contributed by atoms with Crippen LogP contribution in [0.5, 0.6) is 5.75 Å². The summed E-state index contributed by atoms with van der Waals surface area (Å²) < 4.78 is 45.0. The van der Waals surface area contributed by atoms with Crippen molar-refractivity contribution in [1.29, 1.82) is 0 Å². The molecule has 2 aliphatic rings. The zero-order valence-electron chi connectivity index (χ0n) is 26.3. The molecular formula is C33H47F2N3O4. The molecule has 0 amide bonds. The summed E-state index contributed by atoms with van der Waals surface area (Å²) in [7, 11) is 0. The number of aryl methyl sites for hydroxylation is 1. The van der Waals surface area contributed by atoms with Crippen molar-refractivity contribution in [3.05, 3.63) is 35.8 Å². The van der Waals surface area contributed by atoms with Crippen molar-refractivity contribution < 1.29 is 27.8 Å². The third-order valence-corrected chi connectivity index (χ3v) is 8.37. The summed E-state index contributed by atoms with van der Waals surface area (Å²) in [5, 5.41) is 0. The molecule has 0 radical (unpaired) electrons. The van der Waals surface area contributed by atoms with Crippen LogP contribution in [0.3, 0.4) is 0 Å². The van der Waals surface area contributed by atoms with E-state index in [0.29, 0.717) is 22.4 Å². The highest BCUT2D eigenvalue weighted by Crippen LogP contribution is 2.49. The van der Waals surface area contributed by atoms with E-state index in [9.17, 15) is 13.6 Å². The first-order valence-electron chi connectivity index (χ1n) is 15.3. The molecule has 2 aromatic heterocycles. The van der Waals surface area contributed by atoms with E-state index in [1.165, 1.54) is 38.8 Å². The van der Waals surface area contributed by atoms with Gasteiger partial charge in [0, 0.05) is 42.5 Å². The fraction of sp³-hybridized carbons (Fsp3) is 0.667. The van der Waals surface area contributed by atoms with E-state index in [2.05, 4.69) is 9.88 Å². The molecular weight excluding hydrogens is 540 g/mol. The standard InChI is InChI=1S/C33H47F2N3O4/c1-8-33(34,35)21-40-24-11-12-26(37-19-24)25-20-36-23(4)27(29(42-31(5,6)7)30(39)41-22(2)3)28(25)38-17-15-32(16-18-38)13-9-10-14-32/h11-12,19-20,22,29H,8-10,13-18,21H2,1-7H3/t29-/m0/s1. The van der Waals surface area contributed by atoms with Gasteiger partial charge in [-0.15, -0.1) is 0 Å². The summed E-state index contributed by atoms with van der Waals surface area (Å²) in [5.41, 5.74) is 3.36. The molecule has 4 rings (SSSR count). The van der Waals surface area contributed by atoms with Crippen LogP contribution in [0.2, 0.25) is 0 Å². The number of rotatable bonds is 10. The Bertz CT molecular complexity index is 1210. The summed E-state index contributed by atoms with van der Waals surface area (Å²) >= 11 is 0. The normalized spacial score (nSPS) is 18.0. The number of esters is 1. The summed E-state index contributed by atoms with van der Waals surface area (Å²) in [6.45, 7) is 13.7. The first-order chi connectivity index (χ1) is 19.7. The lowest BCUT2D eigenvalue weighted by Crippen LogP contribution is -2.40. The number of hydrogen-bond acceptors (Lipinski definition) is 7. The average Bonchev–Trinajstić information content (AvgIpc) is 3.38. The number of ether oxygens (including phenoxy) is 3. The molecule has 1 spiro atoms. The molecule has 2 fully saturated rings. The smallest absolute Gasteiger partial charge is 0.340 e.